The zero-order valence-electron chi connectivity index (χ0n) is 20.4. The van der Waals surface area contributed by atoms with Gasteiger partial charge in [0.25, 0.3) is 0 Å². The molecule has 37 heavy (non-hydrogen) atoms. The highest BCUT2D eigenvalue weighted by molar-refractivity contribution is 5.92. The number of nitrogens with zero attached hydrogens (tertiary/aromatic N) is 2. The molecule has 8 nitrogen and oxygen atoms in total. The minimum absolute atomic E-state index is 0.0784. The normalized spacial score (nSPS) is 14.7. The molecule has 1 atom stereocenters. The van der Waals surface area contributed by atoms with Gasteiger partial charge < -0.3 is 29.0 Å². The van der Waals surface area contributed by atoms with Crippen LogP contribution in [0.5, 0.6) is 17.2 Å². The van der Waals surface area contributed by atoms with E-state index >= 15 is 0 Å². The molecule has 0 amide bonds. The predicted molar refractivity (Wildman–Crippen MR) is 140 cm³/mol. The second-order valence-electron chi connectivity index (χ2n) is 9.00. The quantitative estimate of drug-likeness (QED) is 0.259. The van der Waals surface area contributed by atoms with Gasteiger partial charge in [0.05, 0.1) is 24.4 Å². The standard InChI is InChI=1S/C29H26N4O4/c1-30-29-22(6-4-12-34)27(10-11-31-29)37-20-8-9-25-18(14-20)13-19(16-35-25)28-32-15-24(33-28)23-17-36-26-7-3-2-5-21(23)26/h2-3,5,7-12,14-15,17,19H,4,6,13,16H2,1H3,(H,30,31)(H,32,33). The number of imidazole rings is 1. The molecule has 1 aliphatic heterocycles. The summed E-state index contributed by atoms with van der Waals surface area (Å²) in [5, 5.41) is 4.13. The van der Waals surface area contributed by atoms with Crippen LogP contribution < -0.4 is 14.8 Å². The minimum Gasteiger partial charge on any atom is -0.493 e. The summed E-state index contributed by atoms with van der Waals surface area (Å²) in [7, 11) is 1.81. The molecule has 1 aliphatic rings. The van der Waals surface area contributed by atoms with Crippen LogP contribution in [0.3, 0.4) is 0 Å². The molecule has 5 aromatic rings. The number of hydrogen-bond acceptors (Lipinski definition) is 7. The van der Waals surface area contributed by atoms with Crippen LogP contribution in [-0.2, 0) is 17.6 Å². The van der Waals surface area contributed by atoms with Crippen LogP contribution in [0.15, 0.2) is 71.6 Å². The van der Waals surface area contributed by atoms with Crippen LogP contribution in [0.1, 0.15) is 29.3 Å². The van der Waals surface area contributed by atoms with Crippen molar-refractivity contribution in [3.05, 3.63) is 84.1 Å². The first-order valence-electron chi connectivity index (χ1n) is 12.3. The first kappa shape index (κ1) is 22.8. The number of anilines is 1. The Labute approximate surface area is 213 Å². The zero-order chi connectivity index (χ0) is 25.2. The Balaban J connectivity index is 1.23. The van der Waals surface area contributed by atoms with Gasteiger partial charge in [-0.05, 0) is 48.7 Å². The fraction of sp³-hybridized carbons (Fsp3) is 0.207. The molecular weight excluding hydrogens is 468 g/mol. The topological polar surface area (TPSA) is 102 Å². The maximum atomic E-state index is 11.0. The molecular formula is C29H26N4O4. The van der Waals surface area contributed by atoms with Crippen molar-refractivity contribution in [1.82, 2.24) is 15.0 Å². The van der Waals surface area contributed by atoms with Gasteiger partial charge in [-0.1, -0.05) is 18.2 Å². The first-order chi connectivity index (χ1) is 18.2. The lowest BCUT2D eigenvalue weighted by molar-refractivity contribution is -0.107. The molecule has 0 saturated carbocycles. The molecule has 0 fully saturated rings. The van der Waals surface area contributed by atoms with E-state index in [0.717, 1.165) is 57.6 Å². The van der Waals surface area contributed by atoms with Gasteiger partial charge >= 0.3 is 0 Å². The van der Waals surface area contributed by atoms with Crippen LogP contribution in [-0.4, -0.2) is 34.9 Å². The number of aromatic nitrogens is 3. The van der Waals surface area contributed by atoms with Crippen molar-refractivity contribution in [3.63, 3.8) is 0 Å². The number of carbonyl (C=O) groups excluding carboxylic acids is 1. The highest BCUT2D eigenvalue weighted by atomic mass is 16.5. The number of nitrogens with one attached hydrogen (secondary N) is 2. The van der Waals surface area contributed by atoms with Gasteiger partial charge in [0.1, 0.15) is 47.0 Å². The fourth-order valence-electron chi connectivity index (χ4n) is 4.83. The number of aldehydes is 1. The number of rotatable bonds is 8. The lowest BCUT2D eigenvalue weighted by Gasteiger charge is -2.24. The number of furan rings is 1. The molecule has 1 unspecified atom stereocenters. The van der Waals surface area contributed by atoms with Gasteiger partial charge in [-0.15, -0.1) is 0 Å². The maximum absolute atomic E-state index is 11.0. The largest absolute Gasteiger partial charge is 0.493 e. The Kier molecular flexibility index (Phi) is 6.06. The van der Waals surface area contributed by atoms with Crippen LogP contribution in [0.25, 0.3) is 22.2 Å². The Morgan fingerprint density at radius 3 is 3.00 bits per heavy atom. The highest BCUT2D eigenvalue weighted by Crippen LogP contribution is 2.37. The molecule has 8 heteroatoms. The summed E-state index contributed by atoms with van der Waals surface area (Å²) in [6, 6.07) is 15.6. The van der Waals surface area contributed by atoms with E-state index in [9.17, 15) is 4.79 Å². The van der Waals surface area contributed by atoms with Crippen molar-refractivity contribution in [1.29, 1.82) is 0 Å². The van der Waals surface area contributed by atoms with E-state index in [1.165, 1.54) is 0 Å². The number of aromatic amines is 1. The Hall–Kier alpha value is -4.59. The average Bonchev–Trinajstić information content (AvgIpc) is 3.59. The highest BCUT2D eigenvalue weighted by Gasteiger charge is 2.25. The summed E-state index contributed by atoms with van der Waals surface area (Å²) in [6.45, 7) is 0.540. The number of carbonyl (C=O) groups is 1. The van der Waals surface area contributed by atoms with Crippen molar-refractivity contribution < 1.29 is 18.7 Å². The molecule has 186 valence electrons. The number of hydrogen-bond donors (Lipinski definition) is 2. The monoisotopic (exact) mass is 494 g/mol. The number of para-hydroxylation sites is 1. The molecule has 2 N–H and O–H groups in total. The van der Waals surface area contributed by atoms with Crippen LogP contribution in [0.4, 0.5) is 5.82 Å². The van der Waals surface area contributed by atoms with Gasteiger partial charge in [0.15, 0.2) is 0 Å². The first-order valence-corrected chi connectivity index (χ1v) is 12.3. The van der Waals surface area contributed by atoms with Crippen molar-refractivity contribution >= 4 is 23.1 Å². The Morgan fingerprint density at radius 2 is 2.11 bits per heavy atom. The van der Waals surface area contributed by atoms with E-state index < -0.39 is 0 Å². The lowest BCUT2D eigenvalue weighted by atomic mass is 9.96. The van der Waals surface area contributed by atoms with E-state index in [1.54, 1.807) is 12.5 Å². The molecule has 2 aromatic carbocycles. The minimum atomic E-state index is 0.0784. The van der Waals surface area contributed by atoms with E-state index in [1.807, 2.05) is 61.8 Å². The molecule has 4 heterocycles. The van der Waals surface area contributed by atoms with E-state index in [-0.39, 0.29) is 5.92 Å². The maximum Gasteiger partial charge on any atom is 0.135 e. The molecule has 0 saturated heterocycles. The number of H-pyrrole nitrogens is 1. The van der Waals surface area contributed by atoms with Gasteiger partial charge in [0.2, 0.25) is 0 Å². The summed E-state index contributed by atoms with van der Waals surface area (Å²) in [5.74, 6) is 3.89. The summed E-state index contributed by atoms with van der Waals surface area (Å²) < 4.78 is 18.1. The van der Waals surface area contributed by atoms with Gasteiger partial charge in [-0.3, -0.25) is 0 Å². The van der Waals surface area contributed by atoms with Gasteiger partial charge in [-0.25, -0.2) is 9.97 Å². The third-order valence-corrected chi connectivity index (χ3v) is 6.68. The third kappa shape index (κ3) is 4.42. The van der Waals surface area contributed by atoms with Crippen LogP contribution >= 0.6 is 0 Å². The predicted octanol–water partition coefficient (Wildman–Crippen LogP) is 5.90. The molecule has 6 rings (SSSR count). The van der Waals surface area contributed by atoms with E-state index in [2.05, 4.69) is 20.3 Å². The van der Waals surface area contributed by atoms with Crippen LogP contribution in [0.2, 0.25) is 0 Å². The van der Waals surface area contributed by atoms with Crippen molar-refractivity contribution in [2.75, 3.05) is 19.0 Å². The number of benzene rings is 2. The smallest absolute Gasteiger partial charge is 0.135 e. The Bertz CT molecular complexity index is 1570. The fourth-order valence-corrected chi connectivity index (χ4v) is 4.83. The van der Waals surface area contributed by atoms with E-state index in [4.69, 9.17) is 13.9 Å². The van der Waals surface area contributed by atoms with Crippen LogP contribution in [0, 0.1) is 0 Å². The van der Waals surface area contributed by atoms with E-state index in [0.29, 0.717) is 36.8 Å². The second kappa shape index (κ2) is 9.81. The number of fused-ring (bicyclic) bond motifs is 2. The van der Waals surface area contributed by atoms with Crippen molar-refractivity contribution in [2.45, 2.75) is 25.2 Å². The molecule has 3 aromatic heterocycles. The summed E-state index contributed by atoms with van der Waals surface area (Å²) in [5.41, 5.74) is 4.69. The molecule has 0 aliphatic carbocycles. The molecule has 0 radical (unpaired) electrons. The average molecular weight is 495 g/mol. The van der Waals surface area contributed by atoms with Gasteiger partial charge in [0, 0.05) is 36.2 Å². The lowest BCUT2D eigenvalue weighted by Crippen LogP contribution is -2.20. The number of pyridine rings is 1. The van der Waals surface area contributed by atoms with Crippen molar-refractivity contribution in [2.24, 2.45) is 0 Å². The zero-order valence-corrected chi connectivity index (χ0v) is 20.4. The number of ether oxygens (including phenoxy) is 2. The third-order valence-electron chi connectivity index (χ3n) is 6.68. The second-order valence-corrected chi connectivity index (χ2v) is 9.00. The summed E-state index contributed by atoms with van der Waals surface area (Å²) in [4.78, 5) is 23.5. The SMILES string of the molecule is CNc1nccc(Oc2ccc3c(c2)CC(c2ncc(-c4coc5ccccc45)[nH]2)CO3)c1CCC=O. The Morgan fingerprint density at radius 1 is 1.19 bits per heavy atom. The van der Waals surface area contributed by atoms with Gasteiger partial charge in [-0.2, -0.15) is 0 Å². The summed E-state index contributed by atoms with van der Waals surface area (Å²) in [6.07, 6.45) is 7.93. The summed E-state index contributed by atoms with van der Waals surface area (Å²) >= 11 is 0. The molecule has 0 bridgehead atoms. The van der Waals surface area contributed by atoms with Crippen molar-refractivity contribution in [3.8, 4) is 28.5 Å². The molecule has 0 spiro atoms.